The van der Waals surface area contributed by atoms with Crippen LogP contribution in [0.5, 0.6) is 5.75 Å². The van der Waals surface area contributed by atoms with Crippen molar-refractivity contribution in [2.45, 2.75) is 32.0 Å². The number of aryl methyl sites for hydroxylation is 1. The SMILES string of the molecule is CCOC(=O)c1cc(C)sc1NC(=O)CSc1nnc(C(C)Oc2ccc(F)cc2F)n1C. The molecule has 176 valence electrons. The number of benzene rings is 1. The number of thiophene rings is 1. The smallest absolute Gasteiger partial charge is 0.341 e. The van der Waals surface area contributed by atoms with Gasteiger partial charge in [-0.05, 0) is 39.0 Å². The second-order valence-corrected chi connectivity index (χ2v) is 9.09. The van der Waals surface area contributed by atoms with Crippen molar-refractivity contribution < 1.29 is 27.8 Å². The van der Waals surface area contributed by atoms with Crippen LogP contribution < -0.4 is 10.1 Å². The van der Waals surface area contributed by atoms with Crippen molar-refractivity contribution in [3.63, 3.8) is 0 Å². The molecule has 0 aliphatic rings. The molecule has 8 nitrogen and oxygen atoms in total. The van der Waals surface area contributed by atoms with Gasteiger partial charge in [-0.3, -0.25) is 4.79 Å². The van der Waals surface area contributed by atoms with Crippen LogP contribution in [0.2, 0.25) is 0 Å². The van der Waals surface area contributed by atoms with E-state index in [4.69, 9.17) is 9.47 Å². The van der Waals surface area contributed by atoms with E-state index in [0.717, 1.165) is 28.8 Å². The van der Waals surface area contributed by atoms with E-state index >= 15 is 0 Å². The van der Waals surface area contributed by atoms with Crippen molar-refractivity contribution in [1.82, 2.24) is 14.8 Å². The first-order valence-corrected chi connectivity index (χ1v) is 11.7. The molecule has 3 aromatic rings. The lowest BCUT2D eigenvalue weighted by Gasteiger charge is -2.14. The van der Waals surface area contributed by atoms with Crippen LogP contribution in [0.1, 0.15) is 41.0 Å². The minimum absolute atomic E-state index is 0.0208. The summed E-state index contributed by atoms with van der Waals surface area (Å²) in [6, 6.07) is 4.71. The number of aromatic nitrogens is 3. The lowest BCUT2D eigenvalue weighted by molar-refractivity contribution is -0.113. The number of carbonyl (C=O) groups excluding carboxylic acids is 2. The van der Waals surface area contributed by atoms with Crippen molar-refractivity contribution in [2.24, 2.45) is 7.05 Å². The first-order chi connectivity index (χ1) is 15.7. The molecule has 0 saturated heterocycles. The maximum absolute atomic E-state index is 13.9. The molecule has 0 aliphatic heterocycles. The average molecular weight is 497 g/mol. The molecule has 12 heteroatoms. The van der Waals surface area contributed by atoms with Gasteiger partial charge in [-0.1, -0.05) is 11.8 Å². The Hall–Kier alpha value is -2.99. The number of esters is 1. The van der Waals surface area contributed by atoms with Gasteiger partial charge in [-0.15, -0.1) is 21.5 Å². The molecule has 2 aromatic heterocycles. The maximum atomic E-state index is 13.9. The van der Waals surface area contributed by atoms with Crippen LogP contribution in [-0.2, 0) is 16.6 Å². The van der Waals surface area contributed by atoms with E-state index in [2.05, 4.69) is 15.5 Å². The van der Waals surface area contributed by atoms with Crippen LogP contribution in [0.4, 0.5) is 13.8 Å². The van der Waals surface area contributed by atoms with Gasteiger partial charge in [0.25, 0.3) is 0 Å². The molecule has 1 unspecified atom stereocenters. The summed E-state index contributed by atoms with van der Waals surface area (Å²) >= 11 is 2.43. The topological polar surface area (TPSA) is 95.3 Å². The van der Waals surface area contributed by atoms with Gasteiger partial charge < -0.3 is 19.4 Å². The second kappa shape index (κ2) is 10.8. The van der Waals surface area contributed by atoms with Crippen molar-refractivity contribution in [3.8, 4) is 5.75 Å². The zero-order chi connectivity index (χ0) is 24.1. The Labute approximate surface area is 197 Å². The Morgan fingerprint density at radius 2 is 2.03 bits per heavy atom. The van der Waals surface area contributed by atoms with Crippen LogP contribution in [0.3, 0.4) is 0 Å². The molecule has 0 fully saturated rings. The molecule has 0 spiro atoms. The number of nitrogens with zero attached hydrogens (tertiary/aromatic N) is 3. The van der Waals surface area contributed by atoms with E-state index in [1.807, 2.05) is 6.92 Å². The van der Waals surface area contributed by atoms with Gasteiger partial charge in [-0.25, -0.2) is 13.6 Å². The van der Waals surface area contributed by atoms with E-state index in [0.29, 0.717) is 21.5 Å². The van der Waals surface area contributed by atoms with Gasteiger partial charge in [0.05, 0.1) is 17.9 Å². The fraction of sp³-hybridized carbons (Fsp3) is 0.333. The number of amides is 1. The van der Waals surface area contributed by atoms with Gasteiger partial charge in [0, 0.05) is 18.0 Å². The highest BCUT2D eigenvalue weighted by Gasteiger charge is 2.21. The molecule has 3 rings (SSSR count). The van der Waals surface area contributed by atoms with Crippen molar-refractivity contribution in [2.75, 3.05) is 17.7 Å². The van der Waals surface area contributed by atoms with Gasteiger partial charge in [0.15, 0.2) is 28.7 Å². The number of ether oxygens (including phenoxy) is 2. The highest BCUT2D eigenvalue weighted by atomic mass is 32.2. The number of rotatable bonds is 9. The van der Waals surface area contributed by atoms with E-state index in [1.54, 1.807) is 31.5 Å². The van der Waals surface area contributed by atoms with Gasteiger partial charge in [0.2, 0.25) is 5.91 Å². The van der Waals surface area contributed by atoms with Crippen LogP contribution in [0.15, 0.2) is 29.4 Å². The van der Waals surface area contributed by atoms with E-state index < -0.39 is 23.7 Å². The maximum Gasteiger partial charge on any atom is 0.341 e. The number of hydrogen-bond donors (Lipinski definition) is 1. The molecule has 1 amide bonds. The summed E-state index contributed by atoms with van der Waals surface area (Å²) in [5.41, 5.74) is 0.317. The molecule has 0 aliphatic carbocycles. The van der Waals surface area contributed by atoms with E-state index in [1.165, 1.54) is 17.4 Å². The van der Waals surface area contributed by atoms with E-state index in [9.17, 15) is 18.4 Å². The predicted molar refractivity (Wildman–Crippen MR) is 121 cm³/mol. The van der Waals surface area contributed by atoms with Crippen molar-refractivity contribution in [3.05, 3.63) is 52.2 Å². The molecule has 0 radical (unpaired) electrons. The van der Waals surface area contributed by atoms with Crippen LogP contribution in [0, 0.1) is 18.6 Å². The fourth-order valence-electron chi connectivity index (χ4n) is 2.88. The quantitative estimate of drug-likeness (QED) is 0.344. The Morgan fingerprint density at radius 3 is 2.73 bits per heavy atom. The zero-order valence-corrected chi connectivity index (χ0v) is 20.0. The summed E-state index contributed by atoms with van der Waals surface area (Å²) in [5, 5.41) is 11.7. The summed E-state index contributed by atoms with van der Waals surface area (Å²) < 4.78 is 39.1. The number of thioether (sulfide) groups is 1. The molecule has 0 bridgehead atoms. The summed E-state index contributed by atoms with van der Waals surface area (Å²) in [6.07, 6.45) is -0.674. The molecule has 1 atom stereocenters. The average Bonchev–Trinajstić information content (AvgIpc) is 3.30. The van der Waals surface area contributed by atoms with Gasteiger partial charge in [-0.2, -0.15) is 0 Å². The fourth-order valence-corrected chi connectivity index (χ4v) is 4.51. The summed E-state index contributed by atoms with van der Waals surface area (Å²) in [6.45, 7) is 5.44. The largest absolute Gasteiger partial charge is 0.480 e. The molecule has 1 aromatic carbocycles. The van der Waals surface area contributed by atoms with Crippen LogP contribution in [-0.4, -0.2) is 39.0 Å². The third-order valence-electron chi connectivity index (χ3n) is 4.37. The summed E-state index contributed by atoms with van der Waals surface area (Å²) in [5.74, 6) is -2.02. The third kappa shape index (κ3) is 6.08. The molecule has 33 heavy (non-hydrogen) atoms. The Bertz CT molecular complexity index is 1170. The van der Waals surface area contributed by atoms with Gasteiger partial charge >= 0.3 is 5.97 Å². The molecule has 0 saturated carbocycles. The van der Waals surface area contributed by atoms with E-state index in [-0.39, 0.29) is 24.0 Å². The highest BCUT2D eigenvalue weighted by molar-refractivity contribution is 7.99. The normalized spacial score (nSPS) is 11.8. The second-order valence-electron chi connectivity index (χ2n) is 6.89. The Balaban J connectivity index is 1.62. The monoisotopic (exact) mass is 496 g/mol. The molecular formula is C21H22F2N4O4S2. The third-order valence-corrected chi connectivity index (χ3v) is 6.35. The number of halogens is 2. The summed E-state index contributed by atoms with van der Waals surface area (Å²) in [7, 11) is 1.69. The first kappa shape index (κ1) is 24.6. The number of anilines is 1. The van der Waals surface area contributed by atoms with Crippen molar-refractivity contribution in [1.29, 1.82) is 0 Å². The number of nitrogens with one attached hydrogen (secondary N) is 1. The van der Waals surface area contributed by atoms with Crippen LogP contribution >= 0.6 is 23.1 Å². The lowest BCUT2D eigenvalue weighted by atomic mass is 10.3. The molecule has 2 heterocycles. The summed E-state index contributed by atoms with van der Waals surface area (Å²) in [4.78, 5) is 25.4. The number of hydrogen-bond acceptors (Lipinski definition) is 8. The van der Waals surface area contributed by atoms with Crippen LogP contribution in [0.25, 0.3) is 0 Å². The Kier molecular flexibility index (Phi) is 8.03. The number of carbonyl (C=O) groups is 2. The highest BCUT2D eigenvalue weighted by Crippen LogP contribution is 2.29. The first-order valence-electron chi connectivity index (χ1n) is 9.90. The predicted octanol–water partition coefficient (Wildman–Crippen LogP) is 4.51. The molecule has 1 N–H and O–H groups in total. The minimum atomic E-state index is -0.818. The standard InChI is InChI=1S/C21H22F2N4O4S2/c1-5-30-20(29)14-8-11(2)33-19(14)24-17(28)10-32-21-26-25-18(27(21)4)12(3)31-16-7-6-13(22)9-15(16)23/h6-9,12H,5,10H2,1-4H3,(H,24,28). The Morgan fingerprint density at radius 1 is 1.27 bits per heavy atom. The molecular weight excluding hydrogens is 474 g/mol. The zero-order valence-electron chi connectivity index (χ0n) is 18.3. The van der Waals surface area contributed by atoms with Gasteiger partial charge in [0.1, 0.15) is 10.8 Å². The minimum Gasteiger partial charge on any atom is -0.480 e. The lowest BCUT2D eigenvalue weighted by Crippen LogP contribution is -2.16. The van der Waals surface area contributed by atoms with Crippen molar-refractivity contribution >= 4 is 40.0 Å².